The van der Waals surface area contributed by atoms with E-state index in [0.717, 1.165) is 11.3 Å². The third-order valence-corrected chi connectivity index (χ3v) is 4.90. The predicted octanol–water partition coefficient (Wildman–Crippen LogP) is 4.32. The van der Waals surface area contributed by atoms with Gasteiger partial charge in [-0.05, 0) is 43.2 Å². The molecule has 0 bridgehead atoms. The highest BCUT2D eigenvalue weighted by atomic mass is 35.5. The molecule has 0 spiro atoms. The minimum Gasteiger partial charge on any atom is -0.494 e. The Balaban J connectivity index is 2.01. The SMILES string of the molecule is CNC(=O)[C@H](C)N(Cc1ccc(Cl)cc1Cl)C(=O)CCCOc1ccccc1. The number of hydrogen-bond acceptors (Lipinski definition) is 3. The van der Waals surface area contributed by atoms with Crippen molar-refractivity contribution in [2.45, 2.75) is 32.4 Å². The lowest BCUT2D eigenvalue weighted by molar-refractivity contribution is -0.140. The molecule has 150 valence electrons. The van der Waals surface area contributed by atoms with E-state index in [1.807, 2.05) is 30.3 Å². The summed E-state index contributed by atoms with van der Waals surface area (Å²) in [4.78, 5) is 26.5. The van der Waals surface area contributed by atoms with Gasteiger partial charge in [0.25, 0.3) is 0 Å². The average molecular weight is 423 g/mol. The Labute approximate surface area is 175 Å². The summed E-state index contributed by atoms with van der Waals surface area (Å²) in [6.45, 7) is 2.34. The second-order valence-corrected chi connectivity index (χ2v) is 7.16. The summed E-state index contributed by atoms with van der Waals surface area (Å²) in [7, 11) is 1.55. The number of likely N-dealkylation sites (N-methyl/N-ethyl adjacent to an activating group) is 1. The van der Waals surface area contributed by atoms with E-state index >= 15 is 0 Å². The van der Waals surface area contributed by atoms with Crippen molar-refractivity contribution in [1.29, 1.82) is 0 Å². The predicted molar refractivity (Wildman–Crippen MR) is 112 cm³/mol. The van der Waals surface area contributed by atoms with E-state index in [0.29, 0.717) is 23.1 Å². The van der Waals surface area contributed by atoms with Crippen LogP contribution in [0.4, 0.5) is 0 Å². The van der Waals surface area contributed by atoms with Crippen molar-refractivity contribution in [3.63, 3.8) is 0 Å². The first-order valence-corrected chi connectivity index (χ1v) is 9.80. The summed E-state index contributed by atoms with van der Waals surface area (Å²) < 4.78 is 5.63. The minimum absolute atomic E-state index is 0.140. The smallest absolute Gasteiger partial charge is 0.242 e. The molecule has 28 heavy (non-hydrogen) atoms. The number of ether oxygens (including phenoxy) is 1. The third-order valence-electron chi connectivity index (χ3n) is 4.32. The van der Waals surface area contributed by atoms with E-state index in [-0.39, 0.29) is 24.8 Å². The Morgan fingerprint density at radius 1 is 1.14 bits per heavy atom. The standard InChI is InChI=1S/C21H24Cl2N2O3/c1-15(21(27)24-2)25(14-16-10-11-17(22)13-19(16)23)20(26)9-6-12-28-18-7-4-3-5-8-18/h3-5,7-8,10-11,13,15H,6,9,12,14H2,1-2H3,(H,24,27)/t15-/m0/s1. The topological polar surface area (TPSA) is 58.6 Å². The van der Waals surface area contributed by atoms with Crippen molar-refractivity contribution >= 4 is 35.0 Å². The number of hydrogen-bond donors (Lipinski definition) is 1. The first-order chi connectivity index (χ1) is 13.4. The number of para-hydroxylation sites is 1. The second kappa shape index (κ2) is 10.9. The highest BCUT2D eigenvalue weighted by molar-refractivity contribution is 6.35. The van der Waals surface area contributed by atoms with E-state index in [1.54, 1.807) is 32.2 Å². The van der Waals surface area contributed by atoms with Gasteiger partial charge in [0.2, 0.25) is 11.8 Å². The van der Waals surface area contributed by atoms with Crippen molar-refractivity contribution in [3.8, 4) is 5.75 Å². The number of carbonyl (C=O) groups is 2. The van der Waals surface area contributed by atoms with Gasteiger partial charge in [0.05, 0.1) is 6.61 Å². The zero-order chi connectivity index (χ0) is 20.5. The van der Waals surface area contributed by atoms with Gasteiger partial charge in [-0.1, -0.05) is 47.5 Å². The summed E-state index contributed by atoms with van der Waals surface area (Å²) in [5, 5.41) is 3.56. The molecule has 0 unspecified atom stereocenters. The number of nitrogens with one attached hydrogen (secondary N) is 1. The summed E-state index contributed by atoms with van der Waals surface area (Å²) >= 11 is 12.2. The molecule has 0 aliphatic carbocycles. The third kappa shape index (κ3) is 6.43. The maximum Gasteiger partial charge on any atom is 0.242 e. The van der Waals surface area contributed by atoms with Crippen LogP contribution < -0.4 is 10.1 Å². The Morgan fingerprint density at radius 3 is 2.50 bits per heavy atom. The Morgan fingerprint density at radius 2 is 1.86 bits per heavy atom. The van der Waals surface area contributed by atoms with Crippen LogP contribution in [0, 0.1) is 0 Å². The molecule has 0 aliphatic rings. The van der Waals surface area contributed by atoms with Gasteiger partial charge in [0, 0.05) is 30.1 Å². The molecule has 0 saturated heterocycles. The monoisotopic (exact) mass is 422 g/mol. The van der Waals surface area contributed by atoms with Crippen LogP contribution in [0.1, 0.15) is 25.3 Å². The fourth-order valence-corrected chi connectivity index (χ4v) is 3.17. The zero-order valence-corrected chi connectivity index (χ0v) is 17.5. The lowest BCUT2D eigenvalue weighted by Crippen LogP contribution is -2.46. The highest BCUT2D eigenvalue weighted by Crippen LogP contribution is 2.23. The Hall–Kier alpha value is -2.24. The van der Waals surface area contributed by atoms with Crippen LogP contribution in [0.5, 0.6) is 5.75 Å². The maximum absolute atomic E-state index is 12.8. The molecule has 2 aromatic rings. The number of rotatable bonds is 9. The first-order valence-electron chi connectivity index (χ1n) is 9.05. The van der Waals surface area contributed by atoms with Gasteiger partial charge in [0.1, 0.15) is 11.8 Å². The van der Waals surface area contributed by atoms with Crippen LogP contribution in [0.2, 0.25) is 10.0 Å². The summed E-state index contributed by atoms with van der Waals surface area (Å²) in [6, 6.07) is 13.9. The number of carbonyl (C=O) groups excluding carboxylic acids is 2. The first kappa shape index (κ1) is 22.1. The molecule has 0 aromatic heterocycles. The minimum atomic E-state index is -0.626. The molecule has 2 aromatic carbocycles. The van der Waals surface area contributed by atoms with Crippen molar-refractivity contribution in [2.24, 2.45) is 0 Å². The number of halogens is 2. The van der Waals surface area contributed by atoms with E-state index < -0.39 is 6.04 Å². The van der Waals surface area contributed by atoms with Crippen molar-refractivity contribution in [2.75, 3.05) is 13.7 Å². The van der Waals surface area contributed by atoms with Gasteiger partial charge in [0.15, 0.2) is 0 Å². The van der Waals surface area contributed by atoms with E-state index in [2.05, 4.69) is 5.32 Å². The van der Waals surface area contributed by atoms with Crippen LogP contribution >= 0.6 is 23.2 Å². The summed E-state index contributed by atoms with van der Waals surface area (Å²) in [5.74, 6) is 0.385. The quantitative estimate of drug-likeness (QED) is 0.612. The number of nitrogens with zero attached hydrogens (tertiary/aromatic N) is 1. The molecule has 7 heteroatoms. The van der Waals surface area contributed by atoms with Crippen LogP contribution in [0.15, 0.2) is 48.5 Å². The lowest BCUT2D eigenvalue weighted by Gasteiger charge is -2.28. The van der Waals surface area contributed by atoms with Crippen LogP contribution in [0.3, 0.4) is 0 Å². The zero-order valence-electron chi connectivity index (χ0n) is 16.0. The maximum atomic E-state index is 12.8. The molecule has 0 aliphatic heterocycles. The molecular weight excluding hydrogens is 399 g/mol. The molecule has 1 N–H and O–H groups in total. The van der Waals surface area contributed by atoms with Gasteiger partial charge in [-0.25, -0.2) is 0 Å². The fourth-order valence-electron chi connectivity index (χ4n) is 2.70. The van der Waals surface area contributed by atoms with Crippen molar-refractivity contribution < 1.29 is 14.3 Å². The molecule has 0 saturated carbocycles. The summed E-state index contributed by atoms with van der Waals surface area (Å²) in [6.07, 6.45) is 0.804. The van der Waals surface area contributed by atoms with Gasteiger partial charge < -0.3 is 15.0 Å². The second-order valence-electron chi connectivity index (χ2n) is 6.31. The largest absolute Gasteiger partial charge is 0.494 e. The van der Waals surface area contributed by atoms with E-state index in [9.17, 15) is 9.59 Å². The highest BCUT2D eigenvalue weighted by Gasteiger charge is 2.25. The molecule has 2 amide bonds. The normalized spacial score (nSPS) is 11.6. The molecule has 2 rings (SSSR count). The lowest BCUT2D eigenvalue weighted by atomic mass is 10.1. The molecule has 0 heterocycles. The summed E-state index contributed by atoms with van der Waals surface area (Å²) in [5.41, 5.74) is 0.732. The van der Waals surface area contributed by atoms with Gasteiger partial charge >= 0.3 is 0 Å². The Kier molecular flexibility index (Phi) is 8.61. The fraction of sp³-hybridized carbons (Fsp3) is 0.333. The molecule has 0 radical (unpaired) electrons. The number of amides is 2. The average Bonchev–Trinajstić information content (AvgIpc) is 2.70. The number of benzene rings is 2. The van der Waals surface area contributed by atoms with Crippen LogP contribution in [0.25, 0.3) is 0 Å². The van der Waals surface area contributed by atoms with Crippen molar-refractivity contribution in [3.05, 3.63) is 64.1 Å². The molecule has 5 nitrogen and oxygen atoms in total. The molecular formula is C21H24Cl2N2O3. The van der Waals surface area contributed by atoms with Gasteiger partial charge in [-0.15, -0.1) is 0 Å². The van der Waals surface area contributed by atoms with E-state index in [1.165, 1.54) is 4.90 Å². The van der Waals surface area contributed by atoms with E-state index in [4.69, 9.17) is 27.9 Å². The Bertz CT molecular complexity index is 799. The molecule has 0 fully saturated rings. The molecule has 1 atom stereocenters. The van der Waals surface area contributed by atoms with Crippen molar-refractivity contribution in [1.82, 2.24) is 10.2 Å². The van der Waals surface area contributed by atoms with Crippen LogP contribution in [-0.4, -0.2) is 36.4 Å². The van der Waals surface area contributed by atoms with Gasteiger partial charge in [-0.3, -0.25) is 9.59 Å². The van der Waals surface area contributed by atoms with Crippen LogP contribution in [-0.2, 0) is 16.1 Å². The van der Waals surface area contributed by atoms with Gasteiger partial charge in [-0.2, -0.15) is 0 Å².